The average molecular weight is 286 g/mol. The van der Waals surface area contributed by atoms with Crippen LogP contribution < -0.4 is 0 Å². The Kier molecular flexibility index (Phi) is 4.64. The summed E-state index contributed by atoms with van der Waals surface area (Å²) in [6.45, 7) is -1.26. The molecule has 0 rings (SSSR count). The van der Waals surface area contributed by atoms with Crippen LogP contribution in [-0.2, 0) is 9.59 Å². The SMILES string of the molecule is O=C(O)CN(C(=O)C(F)(F)F)C(P)(Cl)Cl. The van der Waals surface area contributed by atoms with Gasteiger partial charge in [0.05, 0.1) is 0 Å². The Morgan fingerprint density at radius 3 is 1.93 bits per heavy atom. The zero-order chi connectivity index (χ0) is 12.4. The molecule has 0 bridgehead atoms. The summed E-state index contributed by atoms with van der Waals surface area (Å²) >= 11 is 10.4. The molecule has 0 aliphatic carbocycles. The maximum Gasteiger partial charge on any atom is 0.471 e. The molecule has 0 fully saturated rings. The van der Waals surface area contributed by atoms with Crippen molar-refractivity contribution in [2.24, 2.45) is 0 Å². The number of nitrogens with zero attached hydrogens (tertiary/aromatic N) is 1. The molecule has 0 heterocycles. The van der Waals surface area contributed by atoms with Gasteiger partial charge in [-0.2, -0.15) is 13.2 Å². The van der Waals surface area contributed by atoms with E-state index in [-0.39, 0.29) is 4.90 Å². The molecule has 4 nitrogen and oxygen atoms in total. The smallest absolute Gasteiger partial charge is 0.471 e. The van der Waals surface area contributed by atoms with Gasteiger partial charge in [0.2, 0.25) is 4.20 Å². The van der Waals surface area contributed by atoms with Gasteiger partial charge < -0.3 is 5.11 Å². The number of halogens is 5. The van der Waals surface area contributed by atoms with Crippen molar-refractivity contribution < 1.29 is 27.9 Å². The lowest BCUT2D eigenvalue weighted by Crippen LogP contribution is -2.49. The van der Waals surface area contributed by atoms with Gasteiger partial charge in [0.15, 0.2) is 0 Å². The second kappa shape index (κ2) is 4.72. The summed E-state index contributed by atoms with van der Waals surface area (Å²) < 4.78 is 33.6. The van der Waals surface area contributed by atoms with Crippen molar-refractivity contribution in [3.8, 4) is 0 Å². The normalized spacial score (nSPS) is 12.4. The molecule has 0 aliphatic heterocycles. The lowest BCUT2D eigenvalue weighted by molar-refractivity contribution is -0.187. The van der Waals surface area contributed by atoms with Gasteiger partial charge in [-0.05, 0) is 0 Å². The molecule has 0 aromatic carbocycles. The van der Waals surface area contributed by atoms with E-state index in [1.165, 1.54) is 9.24 Å². The van der Waals surface area contributed by atoms with Crippen LogP contribution in [0.3, 0.4) is 0 Å². The predicted octanol–water partition coefficient (Wildman–Crippen LogP) is 1.43. The van der Waals surface area contributed by atoms with Crippen LogP contribution in [0.5, 0.6) is 0 Å². The van der Waals surface area contributed by atoms with Crippen LogP contribution in [0.4, 0.5) is 13.2 Å². The number of amides is 1. The minimum Gasteiger partial charge on any atom is -0.480 e. The van der Waals surface area contributed by atoms with Crippen molar-refractivity contribution in [1.29, 1.82) is 0 Å². The second-order valence-electron chi connectivity index (χ2n) is 2.37. The summed E-state index contributed by atoms with van der Waals surface area (Å²) in [5.74, 6) is -4.09. The van der Waals surface area contributed by atoms with Crippen molar-refractivity contribution in [3.05, 3.63) is 0 Å². The van der Waals surface area contributed by atoms with Gasteiger partial charge in [0.25, 0.3) is 0 Å². The van der Waals surface area contributed by atoms with Crippen LogP contribution in [0.25, 0.3) is 0 Å². The van der Waals surface area contributed by atoms with Gasteiger partial charge in [0.1, 0.15) is 6.54 Å². The summed E-state index contributed by atoms with van der Waals surface area (Å²) in [7, 11) is 1.52. The summed E-state index contributed by atoms with van der Waals surface area (Å²) in [5.41, 5.74) is 0. The third-order valence-corrected chi connectivity index (χ3v) is 1.86. The number of carbonyl (C=O) groups excluding carboxylic acids is 1. The van der Waals surface area contributed by atoms with Gasteiger partial charge in [-0.3, -0.25) is 14.5 Å². The summed E-state index contributed by atoms with van der Waals surface area (Å²) in [4.78, 5) is 20.7. The fourth-order valence-corrected chi connectivity index (χ4v) is 1.08. The largest absolute Gasteiger partial charge is 0.480 e. The number of carboxylic acids is 1. The Hall–Kier alpha value is -0.260. The maximum absolute atomic E-state index is 12.0. The highest BCUT2D eigenvalue weighted by atomic mass is 35.5. The van der Waals surface area contributed by atoms with E-state index in [4.69, 9.17) is 28.3 Å². The number of carbonyl (C=O) groups is 2. The molecular formula is C5H5Cl2F3NO3P. The van der Waals surface area contributed by atoms with Crippen molar-refractivity contribution in [3.63, 3.8) is 0 Å². The Bertz CT molecular complexity index is 278. The first-order valence-electron chi connectivity index (χ1n) is 3.23. The van der Waals surface area contributed by atoms with Crippen molar-refractivity contribution in [2.45, 2.75) is 10.4 Å². The molecule has 0 aromatic heterocycles. The van der Waals surface area contributed by atoms with E-state index in [1.807, 2.05) is 0 Å². The monoisotopic (exact) mass is 285 g/mol. The highest BCUT2D eigenvalue weighted by Gasteiger charge is 2.48. The molecular weight excluding hydrogens is 281 g/mol. The molecule has 0 aromatic rings. The van der Waals surface area contributed by atoms with E-state index in [2.05, 4.69) is 0 Å². The molecule has 0 aliphatic rings. The lowest BCUT2D eigenvalue weighted by atomic mass is 10.5. The van der Waals surface area contributed by atoms with Crippen molar-refractivity contribution >= 4 is 44.3 Å². The maximum atomic E-state index is 12.0. The van der Waals surface area contributed by atoms with E-state index < -0.39 is 28.8 Å². The standard InChI is InChI=1S/C5H5Cl2F3NO3P/c6-5(7,15)11(1-2(12)13)3(14)4(8,9)10/h1,15H2,(H,12,13). The Labute approximate surface area is 94.5 Å². The van der Waals surface area contributed by atoms with Gasteiger partial charge in [0, 0.05) is 0 Å². The first-order valence-corrected chi connectivity index (χ1v) is 4.57. The quantitative estimate of drug-likeness (QED) is 0.485. The second-order valence-corrected chi connectivity index (χ2v) is 5.28. The minimum atomic E-state index is -5.24. The van der Waals surface area contributed by atoms with E-state index in [0.717, 1.165) is 0 Å². The van der Waals surface area contributed by atoms with E-state index >= 15 is 0 Å². The molecule has 0 radical (unpaired) electrons. The van der Waals surface area contributed by atoms with Crippen LogP contribution in [0.15, 0.2) is 0 Å². The summed E-state index contributed by atoms with van der Waals surface area (Å²) in [5, 5.41) is 8.27. The van der Waals surface area contributed by atoms with Crippen LogP contribution >= 0.6 is 32.4 Å². The number of aliphatic carboxylic acids is 1. The number of alkyl halides is 5. The summed E-state index contributed by atoms with van der Waals surface area (Å²) in [6.07, 6.45) is -5.24. The minimum absolute atomic E-state index is 0.233. The van der Waals surface area contributed by atoms with Gasteiger partial charge >= 0.3 is 18.1 Å². The Morgan fingerprint density at radius 1 is 1.33 bits per heavy atom. The van der Waals surface area contributed by atoms with Gasteiger partial charge in [-0.15, -0.1) is 0 Å². The molecule has 0 saturated carbocycles. The van der Waals surface area contributed by atoms with E-state index in [0.29, 0.717) is 0 Å². The van der Waals surface area contributed by atoms with Crippen LogP contribution in [-0.4, -0.2) is 38.8 Å². The van der Waals surface area contributed by atoms with E-state index in [1.54, 1.807) is 0 Å². The molecule has 1 atom stereocenters. The average Bonchev–Trinajstić information content (AvgIpc) is 1.94. The van der Waals surface area contributed by atoms with Crippen LogP contribution in [0, 0.1) is 0 Å². The van der Waals surface area contributed by atoms with Crippen LogP contribution in [0.2, 0.25) is 0 Å². The molecule has 1 unspecified atom stereocenters. The highest BCUT2D eigenvalue weighted by molar-refractivity contribution is 7.27. The first kappa shape index (κ1) is 14.7. The van der Waals surface area contributed by atoms with Crippen molar-refractivity contribution in [2.75, 3.05) is 6.54 Å². The Morgan fingerprint density at radius 2 is 1.73 bits per heavy atom. The number of rotatable bonds is 3. The first-order chi connectivity index (χ1) is 6.46. The molecule has 0 spiro atoms. The molecule has 88 valence electrons. The summed E-state index contributed by atoms with van der Waals surface area (Å²) in [6, 6.07) is 0. The zero-order valence-electron chi connectivity index (χ0n) is 6.89. The van der Waals surface area contributed by atoms with Gasteiger partial charge in [-0.25, -0.2) is 0 Å². The van der Waals surface area contributed by atoms with Crippen LogP contribution in [0.1, 0.15) is 0 Å². The van der Waals surface area contributed by atoms with E-state index in [9.17, 15) is 22.8 Å². The lowest BCUT2D eigenvalue weighted by Gasteiger charge is -2.30. The molecule has 1 amide bonds. The molecule has 0 saturated heterocycles. The molecule has 15 heavy (non-hydrogen) atoms. The third kappa shape index (κ3) is 4.86. The fourth-order valence-electron chi connectivity index (χ4n) is 0.601. The number of carboxylic acid groups (broad SMARTS) is 1. The zero-order valence-corrected chi connectivity index (χ0v) is 9.55. The predicted molar refractivity (Wildman–Crippen MR) is 49.6 cm³/mol. The van der Waals surface area contributed by atoms with Gasteiger partial charge in [-0.1, -0.05) is 32.4 Å². The highest BCUT2D eigenvalue weighted by Crippen LogP contribution is 2.36. The third-order valence-electron chi connectivity index (χ3n) is 1.14. The van der Waals surface area contributed by atoms with Crippen molar-refractivity contribution in [1.82, 2.24) is 4.90 Å². The fraction of sp³-hybridized carbons (Fsp3) is 0.600. The Balaban J connectivity index is 4.97. The topological polar surface area (TPSA) is 57.6 Å². The molecule has 10 heteroatoms. The number of hydrogen-bond donors (Lipinski definition) is 1. The molecule has 1 N–H and O–H groups in total. The number of hydrogen-bond acceptors (Lipinski definition) is 2.